The second-order valence-corrected chi connectivity index (χ2v) is 4.91. The lowest BCUT2D eigenvalue weighted by molar-refractivity contribution is 1.06. The largest absolute Gasteiger partial charge is 0.372 e. The Morgan fingerprint density at radius 3 is 2.62 bits per heavy atom. The number of imidazole rings is 1. The van der Waals surface area contributed by atoms with Crippen LogP contribution in [0, 0.1) is 0 Å². The Bertz CT molecular complexity index is 730. The van der Waals surface area contributed by atoms with Gasteiger partial charge in [0.05, 0.1) is 6.20 Å². The summed E-state index contributed by atoms with van der Waals surface area (Å²) in [4.78, 5) is 8.88. The van der Waals surface area contributed by atoms with E-state index in [2.05, 4.69) is 51.8 Å². The highest BCUT2D eigenvalue weighted by atomic mass is 15.1. The van der Waals surface area contributed by atoms with Crippen LogP contribution in [0.25, 0.3) is 5.65 Å². The van der Waals surface area contributed by atoms with E-state index in [1.54, 1.807) is 6.20 Å². The normalized spacial score (nSPS) is 10.8. The molecule has 5 nitrogen and oxygen atoms in total. The molecule has 2 aromatic heterocycles. The minimum Gasteiger partial charge on any atom is -0.372 e. The summed E-state index contributed by atoms with van der Waals surface area (Å²) in [7, 11) is 1.86. The maximum absolute atomic E-state index is 4.53. The molecule has 0 amide bonds. The first-order valence-corrected chi connectivity index (χ1v) is 7.13. The Hall–Kier alpha value is -2.56. The van der Waals surface area contributed by atoms with Crippen molar-refractivity contribution in [3.05, 3.63) is 54.0 Å². The Morgan fingerprint density at radius 2 is 1.90 bits per heavy atom. The average Bonchev–Trinajstić information content (AvgIpc) is 3.01. The number of hydrogen-bond donors (Lipinski definition) is 2. The first-order valence-electron chi connectivity index (χ1n) is 7.13. The van der Waals surface area contributed by atoms with Crippen molar-refractivity contribution >= 4 is 17.3 Å². The minimum absolute atomic E-state index is 0.729. The van der Waals surface area contributed by atoms with E-state index in [1.165, 1.54) is 11.1 Å². The molecule has 0 radical (unpaired) electrons. The second kappa shape index (κ2) is 5.83. The van der Waals surface area contributed by atoms with Crippen molar-refractivity contribution in [1.82, 2.24) is 14.4 Å². The molecule has 0 bridgehead atoms. The number of anilines is 2. The van der Waals surface area contributed by atoms with Crippen molar-refractivity contribution in [2.45, 2.75) is 19.9 Å². The summed E-state index contributed by atoms with van der Waals surface area (Å²) < 4.78 is 1.96. The maximum Gasteiger partial charge on any atom is 0.180 e. The van der Waals surface area contributed by atoms with Crippen molar-refractivity contribution in [2.75, 3.05) is 17.7 Å². The van der Waals surface area contributed by atoms with Gasteiger partial charge in [-0.25, -0.2) is 9.97 Å². The molecule has 5 heteroatoms. The van der Waals surface area contributed by atoms with Crippen molar-refractivity contribution < 1.29 is 0 Å². The highest BCUT2D eigenvalue weighted by Gasteiger charge is 2.06. The number of aryl methyl sites for hydroxylation is 1. The second-order valence-electron chi connectivity index (χ2n) is 4.91. The molecular formula is C16H19N5. The lowest BCUT2D eigenvalue weighted by atomic mass is 10.1. The van der Waals surface area contributed by atoms with Gasteiger partial charge in [-0.3, -0.25) is 0 Å². The van der Waals surface area contributed by atoms with Gasteiger partial charge in [0.2, 0.25) is 0 Å². The van der Waals surface area contributed by atoms with Crippen LogP contribution in [0.15, 0.2) is 42.9 Å². The van der Waals surface area contributed by atoms with Crippen molar-refractivity contribution in [1.29, 1.82) is 0 Å². The third-order valence-electron chi connectivity index (χ3n) is 3.52. The molecule has 3 aromatic rings. The molecule has 0 atom stereocenters. The summed E-state index contributed by atoms with van der Waals surface area (Å²) in [5, 5.41) is 6.43. The molecule has 108 valence electrons. The van der Waals surface area contributed by atoms with Crippen LogP contribution in [-0.2, 0) is 13.0 Å². The number of benzene rings is 1. The topological polar surface area (TPSA) is 54.2 Å². The van der Waals surface area contributed by atoms with E-state index in [9.17, 15) is 0 Å². The number of fused-ring (bicyclic) bond motifs is 1. The average molecular weight is 281 g/mol. The third kappa shape index (κ3) is 2.81. The smallest absolute Gasteiger partial charge is 0.180 e. The van der Waals surface area contributed by atoms with Crippen molar-refractivity contribution in [2.24, 2.45) is 0 Å². The molecule has 0 unspecified atom stereocenters. The number of nitrogens with one attached hydrogen (secondary N) is 2. The fourth-order valence-electron chi connectivity index (χ4n) is 2.25. The van der Waals surface area contributed by atoms with Crippen LogP contribution in [-0.4, -0.2) is 21.4 Å². The molecule has 1 aromatic carbocycles. The first kappa shape index (κ1) is 13.4. The molecule has 0 fully saturated rings. The zero-order chi connectivity index (χ0) is 14.7. The molecule has 0 aliphatic rings. The molecule has 2 N–H and O–H groups in total. The van der Waals surface area contributed by atoms with Crippen molar-refractivity contribution in [3.63, 3.8) is 0 Å². The van der Waals surface area contributed by atoms with E-state index in [0.29, 0.717) is 0 Å². The Morgan fingerprint density at radius 1 is 1.14 bits per heavy atom. The molecule has 21 heavy (non-hydrogen) atoms. The van der Waals surface area contributed by atoms with E-state index in [-0.39, 0.29) is 0 Å². The predicted octanol–water partition coefficient (Wildman–Crippen LogP) is 2.95. The zero-order valence-corrected chi connectivity index (χ0v) is 12.3. The molecule has 0 aliphatic heterocycles. The maximum atomic E-state index is 4.53. The van der Waals surface area contributed by atoms with Gasteiger partial charge in [0.1, 0.15) is 5.82 Å². The highest BCUT2D eigenvalue weighted by molar-refractivity contribution is 5.65. The summed E-state index contributed by atoms with van der Waals surface area (Å²) >= 11 is 0. The third-order valence-corrected chi connectivity index (χ3v) is 3.52. The van der Waals surface area contributed by atoms with E-state index in [4.69, 9.17) is 0 Å². The Kier molecular flexibility index (Phi) is 3.73. The zero-order valence-electron chi connectivity index (χ0n) is 12.3. The number of rotatable bonds is 5. The van der Waals surface area contributed by atoms with Crippen LogP contribution >= 0.6 is 0 Å². The fraction of sp³-hybridized carbons (Fsp3) is 0.250. The van der Waals surface area contributed by atoms with Gasteiger partial charge in [0.15, 0.2) is 11.5 Å². The standard InChI is InChI=1S/C16H19N5/c1-3-12-4-6-13(7-5-12)10-19-15-16-18-8-9-21(16)11-14(17-2)20-15/h4-9,11,17H,3,10H2,1-2H3,(H,19,20). The van der Waals surface area contributed by atoms with E-state index in [1.807, 2.05) is 23.8 Å². The quantitative estimate of drug-likeness (QED) is 0.755. The van der Waals surface area contributed by atoms with Gasteiger partial charge < -0.3 is 15.0 Å². The summed E-state index contributed by atoms with van der Waals surface area (Å²) in [6, 6.07) is 8.63. The Labute approximate surface area is 124 Å². The first-order chi connectivity index (χ1) is 10.3. The van der Waals surface area contributed by atoms with Gasteiger partial charge in [0.25, 0.3) is 0 Å². The molecule has 2 heterocycles. The lowest BCUT2D eigenvalue weighted by Crippen LogP contribution is -2.06. The summed E-state index contributed by atoms with van der Waals surface area (Å²) in [6.07, 6.45) is 6.68. The van der Waals surface area contributed by atoms with E-state index in [0.717, 1.165) is 30.2 Å². The van der Waals surface area contributed by atoms with Crippen LogP contribution in [0.1, 0.15) is 18.1 Å². The summed E-state index contributed by atoms with van der Waals surface area (Å²) in [5.74, 6) is 1.59. The van der Waals surface area contributed by atoms with Gasteiger partial charge in [0, 0.05) is 26.0 Å². The number of hydrogen-bond acceptors (Lipinski definition) is 4. The molecule has 0 aliphatic carbocycles. The van der Waals surface area contributed by atoms with Crippen LogP contribution in [0.2, 0.25) is 0 Å². The van der Waals surface area contributed by atoms with Gasteiger partial charge in [-0.15, -0.1) is 0 Å². The van der Waals surface area contributed by atoms with Gasteiger partial charge in [-0.2, -0.15) is 0 Å². The van der Waals surface area contributed by atoms with Gasteiger partial charge >= 0.3 is 0 Å². The van der Waals surface area contributed by atoms with Crippen LogP contribution in [0.5, 0.6) is 0 Å². The van der Waals surface area contributed by atoms with E-state index >= 15 is 0 Å². The van der Waals surface area contributed by atoms with Crippen LogP contribution < -0.4 is 10.6 Å². The van der Waals surface area contributed by atoms with Gasteiger partial charge in [-0.05, 0) is 17.5 Å². The fourth-order valence-corrected chi connectivity index (χ4v) is 2.25. The van der Waals surface area contributed by atoms with Crippen LogP contribution in [0.3, 0.4) is 0 Å². The molecule has 3 rings (SSSR count). The number of aromatic nitrogens is 3. The Balaban J connectivity index is 1.81. The minimum atomic E-state index is 0.729. The van der Waals surface area contributed by atoms with Crippen LogP contribution in [0.4, 0.5) is 11.6 Å². The SMILES string of the molecule is CCc1ccc(CNc2nc(NC)cn3ccnc23)cc1. The number of nitrogens with zero attached hydrogens (tertiary/aromatic N) is 3. The predicted molar refractivity (Wildman–Crippen MR) is 85.7 cm³/mol. The summed E-state index contributed by atoms with van der Waals surface area (Å²) in [6.45, 7) is 2.89. The summed E-state index contributed by atoms with van der Waals surface area (Å²) in [5.41, 5.74) is 3.41. The monoisotopic (exact) mass is 281 g/mol. The van der Waals surface area contributed by atoms with Gasteiger partial charge in [-0.1, -0.05) is 31.2 Å². The molecule has 0 spiro atoms. The van der Waals surface area contributed by atoms with Crippen molar-refractivity contribution in [3.8, 4) is 0 Å². The molecular weight excluding hydrogens is 262 g/mol. The van der Waals surface area contributed by atoms with E-state index < -0.39 is 0 Å². The molecule has 0 saturated carbocycles. The lowest BCUT2D eigenvalue weighted by Gasteiger charge is -2.10. The molecule has 0 saturated heterocycles. The highest BCUT2D eigenvalue weighted by Crippen LogP contribution is 2.17.